The molecule has 3 aromatic carbocycles. The fourth-order valence-corrected chi connectivity index (χ4v) is 3.63. The Labute approximate surface area is 147 Å². The minimum absolute atomic E-state index is 0.818. The highest BCUT2D eigenvalue weighted by Crippen LogP contribution is 2.35. The zero-order chi connectivity index (χ0) is 16.5. The van der Waals surface area contributed by atoms with Crippen LogP contribution in [0.25, 0.3) is 21.5 Å². The van der Waals surface area contributed by atoms with Gasteiger partial charge in [0.2, 0.25) is 0 Å². The highest BCUT2D eigenvalue weighted by molar-refractivity contribution is 6.42. The summed E-state index contributed by atoms with van der Waals surface area (Å²) < 4.78 is 0. The zero-order valence-corrected chi connectivity index (χ0v) is 14.5. The van der Waals surface area contributed by atoms with E-state index in [1.165, 1.54) is 0 Å². The number of piperazine rings is 1. The Balaban J connectivity index is 1.85. The van der Waals surface area contributed by atoms with Crippen molar-refractivity contribution in [3.05, 3.63) is 59.1 Å². The topological polar surface area (TPSA) is 18.8 Å². The lowest BCUT2D eigenvalue weighted by Gasteiger charge is -2.30. The van der Waals surface area contributed by atoms with Gasteiger partial charge in [-0.15, -0.1) is 0 Å². The van der Waals surface area contributed by atoms with Crippen LogP contribution < -0.4 is 0 Å². The molecule has 0 unspecified atom stereocenters. The lowest BCUT2D eigenvalue weighted by atomic mass is 9.97. The second-order valence-electron chi connectivity index (χ2n) is 6.32. The Morgan fingerprint density at radius 3 is 1.88 bits per heavy atom. The summed E-state index contributed by atoms with van der Waals surface area (Å²) in [6.07, 6.45) is 2.01. The molecule has 0 N–H and O–H groups in total. The summed E-state index contributed by atoms with van der Waals surface area (Å²) in [7, 11) is 2.15. The van der Waals surface area contributed by atoms with Gasteiger partial charge in [-0.05, 0) is 17.8 Å². The second-order valence-corrected chi connectivity index (χ2v) is 6.70. The van der Waals surface area contributed by atoms with E-state index >= 15 is 0 Å². The first-order valence-corrected chi connectivity index (χ1v) is 8.68. The van der Waals surface area contributed by atoms with Crippen LogP contribution in [0.5, 0.6) is 0 Å². The van der Waals surface area contributed by atoms with Crippen LogP contribution in [-0.2, 0) is 0 Å². The van der Waals surface area contributed by atoms with Crippen LogP contribution in [0.4, 0.5) is 0 Å². The second kappa shape index (κ2) is 6.42. The number of benzene rings is 3. The summed E-state index contributed by atoms with van der Waals surface area (Å²) >= 11 is 6.65. The van der Waals surface area contributed by atoms with Crippen LogP contribution in [0, 0.1) is 0 Å². The molecule has 0 amide bonds. The Morgan fingerprint density at radius 1 is 0.833 bits per heavy atom. The predicted octanol–water partition coefficient (Wildman–Crippen LogP) is 4.23. The molecule has 1 aliphatic heterocycles. The fraction of sp³-hybridized carbons (Fsp3) is 0.250. The van der Waals surface area contributed by atoms with E-state index in [0.29, 0.717) is 0 Å². The lowest BCUT2D eigenvalue weighted by Crippen LogP contribution is -2.41. The van der Waals surface area contributed by atoms with Crippen molar-refractivity contribution in [2.45, 2.75) is 0 Å². The monoisotopic (exact) mass is 337 g/mol. The van der Waals surface area contributed by atoms with E-state index in [1.807, 2.05) is 18.3 Å². The van der Waals surface area contributed by atoms with Gasteiger partial charge in [0.25, 0.3) is 0 Å². The number of hydrogen-bond acceptors (Lipinski definition) is 3. The van der Waals surface area contributed by atoms with Gasteiger partial charge in [-0.25, -0.2) is 0 Å². The van der Waals surface area contributed by atoms with E-state index in [0.717, 1.165) is 58.3 Å². The van der Waals surface area contributed by atoms with Crippen LogP contribution in [0.3, 0.4) is 0 Å². The third kappa shape index (κ3) is 2.74. The summed E-state index contributed by atoms with van der Waals surface area (Å²) in [5.41, 5.74) is 1.14. The van der Waals surface area contributed by atoms with Crippen molar-refractivity contribution >= 4 is 39.4 Å². The molecule has 0 bridgehead atoms. The van der Waals surface area contributed by atoms with Crippen molar-refractivity contribution in [3.8, 4) is 0 Å². The third-order valence-corrected chi connectivity index (χ3v) is 5.14. The summed E-state index contributed by atoms with van der Waals surface area (Å²) in [5.74, 6) is 0. The van der Waals surface area contributed by atoms with Crippen molar-refractivity contribution in [1.29, 1.82) is 0 Å². The maximum Gasteiger partial charge on any atom is 0.0563 e. The van der Waals surface area contributed by atoms with Gasteiger partial charge >= 0.3 is 0 Å². The van der Waals surface area contributed by atoms with Crippen molar-refractivity contribution < 1.29 is 0 Å². The molecule has 1 aliphatic rings. The summed E-state index contributed by atoms with van der Waals surface area (Å²) in [6.45, 7) is 4.05. The molecule has 24 heavy (non-hydrogen) atoms. The number of fused-ring (bicyclic) bond motifs is 2. The first-order valence-electron chi connectivity index (χ1n) is 8.30. The molecule has 0 atom stereocenters. The Hall–Kier alpha value is -2.10. The third-order valence-electron chi connectivity index (χ3n) is 4.74. The molecule has 4 rings (SSSR count). The van der Waals surface area contributed by atoms with Crippen LogP contribution in [0.15, 0.2) is 53.6 Å². The normalized spacial score (nSPS) is 16.5. The Bertz CT molecular complexity index is 854. The molecule has 122 valence electrons. The number of nitrogens with zero attached hydrogens (tertiary/aromatic N) is 3. The van der Waals surface area contributed by atoms with Crippen molar-refractivity contribution in [1.82, 2.24) is 9.91 Å². The van der Waals surface area contributed by atoms with E-state index in [2.05, 4.69) is 53.4 Å². The van der Waals surface area contributed by atoms with Crippen LogP contribution in [0.1, 0.15) is 5.56 Å². The van der Waals surface area contributed by atoms with Gasteiger partial charge in [0, 0.05) is 42.5 Å². The maximum absolute atomic E-state index is 6.65. The van der Waals surface area contributed by atoms with Gasteiger partial charge in [0.15, 0.2) is 0 Å². The summed E-state index contributed by atoms with van der Waals surface area (Å²) in [6, 6.07) is 16.6. The fourth-order valence-electron chi connectivity index (χ4n) is 3.30. The molecule has 0 aromatic heterocycles. The van der Waals surface area contributed by atoms with Crippen molar-refractivity contribution in [2.24, 2.45) is 5.10 Å². The molecule has 0 spiro atoms. The average molecular weight is 338 g/mol. The smallest absolute Gasteiger partial charge is 0.0563 e. The maximum atomic E-state index is 6.65. The standard InChI is InChI=1S/C20H20ClN3/c1-23-10-12-24(13-11-23)22-14-19-15-6-2-4-8-17(15)20(21)18-9-5-3-7-16(18)19/h2-9,14H,10-13H2,1H3/b22-14+. The lowest BCUT2D eigenvalue weighted by molar-refractivity contribution is 0.159. The molecular weight excluding hydrogens is 318 g/mol. The van der Waals surface area contributed by atoms with Gasteiger partial charge < -0.3 is 4.90 Å². The number of halogens is 1. The molecule has 3 aromatic rings. The van der Waals surface area contributed by atoms with Crippen LogP contribution >= 0.6 is 11.6 Å². The van der Waals surface area contributed by atoms with Gasteiger partial charge in [-0.3, -0.25) is 5.01 Å². The largest absolute Gasteiger partial charge is 0.303 e. The first kappa shape index (κ1) is 15.4. The number of rotatable bonds is 2. The van der Waals surface area contributed by atoms with Gasteiger partial charge in [0.1, 0.15) is 0 Å². The molecule has 1 heterocycles. The van der Waals surface area contributed by atoms with E-state index in [-0.39, 0.29) is 0 Å². The molecule has 3 nitrogen and oxygen atoms in total. The molecule has 0 saturated carbocycles. The van der Waals surface area contributed by atoms with Gasteiger partial charge in [-0.1, -0.05) is 60.1 Å². The predicted molar refractivity (Wildman–Crippen MR) is 103 cm³/mol. The number of hydrogen-bond donors (Lipinski definition) is 0. The number of likely N-dealkylation sites (N-methyl/N-ethyl adjacent to an activating group) is 1. The zero-order valence-electron chi connectivity index (χ0n) is 13.7. The van der Waals surface area contributed by atoms with E-state index in [4.69, 9.17) is 16.7 Å². The number of hydrazone groups is 1. The van der Waals surface area contributed by atoms with E-state index < -0.39 is 0 Å². The summed E-state index contributed by atoms with van der Waals surface area (Å²) in [5, 5.41) is 12.2. The molecule has 0 radical (unpaired) electrons. The molecule has 1 saturated heterocycles. The Morgan fingerprint density at radius 2 is 1.33 bits per heavy atom. The average Bonchev–Trinajstić information content (AvgIpc) is 2.63. The quantitative estimate of drug-likeness (QED) is 0.515. The molecule has 0 aliphatic carbocycles. The first-order chi connectivity index (χ1) is 11.7. The molecule has 1 fully saturated rings. The molecular formula is C20H20ClN3. The van der Waals surface area contributed by atoms with Gasteiger partial charge in [-0.2, -0.15) is 5.10 Å². The van der Waals surface area contributed by atoms with Gasteiger partial charge in [0.05, 0.1) is 11.2 Å². The minimum Gasteiger partial charge on any atom is -0.303 e. The van der Waals surface area contributed by atoms with Crippen molar-refractivity contribution in [3.63, 3.8) is 0 Å². The SMILES string of the molecule is CN1CCN(/N=C/c2c3ccccc3c(Cl)c3ccccc23)CC1. The van der Waals surface area contributed by atoms with E-state index in [1.54, 1.807) is 0 Å². The Kier molecular flexibility index (Phi) is 4.13. The highest BCUT2D eigenvalue weighted by atomic mass is 35.5. The summed E-state index contributed by atoms with van der Waals surface area (Å²) in [4.78, 5) is 2.33. The van der Waals surface area contributed by atoms with E-state index in [9.17, 15) is 0 Å². The van der Waals surface area contributed by atoms with Crippen LogP contribution in [-0.4, -0.2) is 49.4 Å². The highest BCUT2D eigenvalue weighted by Gasteiger charge is 2.13. The minimum atomic E-state index is 0.818. The molecule has 4 heteroatoms. The van der Waals surface area contributed by atoms with Crippen LogP contribution in [0.2, 0.25) is 5.02 Å². The van der Waals surface area contributed by atoms with Crippen molar-refractivity contribution in [2.75, 3.05) is 33.2 Å².